The lowest BCUT2D eigenvalue weighted by atomic mass is 10.0. The van der Waals surface area contributed by atoms with Crippen LogP contribution in [0.4, 0.5) is 11.8 Å². The second-order valence-electron chi connectivity index (χ2n) is 7.28. The maximum atomic E-state index is 5.80. The number of methoxy groups -OCH3 is 1. The van der Waals surface area contributed by atoms with E-state index in [1.807, 2.05) is 32.9 Å². The minimum atomic E-state index is -0.443. The number of fused-ring (bicyclic) bond motifs is 6. The number of hydrogen-bond donors (Lipinski definition) is 0. The normalized spacial score (nSPS) is 19.4. The average molecular weight is 377 g/mol. The third kappa shape index (κ3) is 1.99. The molecule has 4 heterocycles. The first-order chi connectivity index (χ1) is 13.8. The summed E-state index contributed by atoms with van der Waals surface area (Å²) in [5.41, 5.74) is 1.66. The van der Waals surface area contributed by atoms with Gasteiger partial charge < -0.3 is 9.26 Å². The number of para-hydroxylation sites is 1. The Hall–Kier alpha value is -3.20. The highest BCUT2D eigenvalue weighted by atomic mass is 16.5. The largest absolute Gasteiger partial charge is 0.370 e. The van der Waals surface area contributed by atoms with Crippen molar-refractivity contribution in [3.8, 4) is 5.69 Å². The Morgan fingerprint density at radius 1 is 1.18 bits per heavy atom. The zero-order valence-corrected chi connectivity index (χ0v) is 15.4. The number of hydrogen-bond acceptors (Lipinski definition) is 8. The van der Waals surface area contributed by atoms with Gasteiger partial charge in [0, 0.05) is 12.7 Å². The standard InChI is InChI=1S/C19H19N7O2/c1-27-19(8-4-5-9-19)17-22-18(28-23-17)25-12-21-16-13-6-2-3-7-14(13)24-11-20-10-15(24)26(16)25/h2-3,6-7,10-11H,4-5,8-9,12H2,1H3. The first-order valence-corrected chi connectivity index (χ1v) is 9.44. The Morgan fingerprint density at radius 2 is 2.04 bits per heavy atom. The molecule has 28 heavy (non-hydrogen) atoms. The third-order valence-electron chi connectivity index (χ3n) is 5.88. The van der Waals surface area contributed by atoms with Crippen molar-refractivity contribution in [1.82, 2.24) is 19.7 Å². The van der Waals surface area contributed by atoms with E-state index in [1.54, 1.807) is 13.4 Å². The molecule has 1 aromatic carbocycles. The van der Waals surface area contributed by atoms with Crippen LogP contribution in [0.3, 0.4) is 0 Å². The molecule has 142 valence electrons. The molecule has 9 nitrogen and oxygen atoms in total. The lowest BCUT2D eigenvalue weighted by molar-refractivity contribution is -0.0178. The Morgan fingerprint density at radius 3 is 2.89 bits per heavy atom. The number of benzene rings is 1. The number of nitrogens with zero attached hydrogens (tertiary/aromatic N) is 7. The molecule has 1 aliphatic carbocycles. The molecule has 0 N–H and O–H groups in total. The van der Waals surface area contributed by atoms with Crippen LogP contribution in [0.2, 0.25) is 0 Å². The molecule has 1 fully saturated rings. The highest BCUT2D eigenvalue weighted by Crippen LogP contribution is 2.41. The summed E-state index contributed by atoms with van der Waals surface area (Å²) < 4.78 is 13.5. The zero-order valence-electron chi connectivity index (χ0n) is 15.4. The van der Waals surface area contributed by atoms with Gasteiger partial charge in [-0.15, -0.1) is 0 Å². The highest BCUT2D eigenvalue weighted by molar-refractivity contribution is 6.16. The van der Waals surface area contributed by atoms with E-state index in [0.29, 0.717) is 18.5 Å². The van der Waals surface area contributed by atoms with Crippen LogP contribution in [0.1, 0.15) is 37.1 Å². The van der Waals surface area contributed by atoms with Crippen LogP contribution in [-0.4, -0.2) is 39.3 Å². The molecule has 3 aromatic rings. The summed E-state index contributed by atoms with van der Waals surface area (Å²) in [6.07, 6.45) is 7.66. The molecule has 0 spiro atoms. The summed E-state index contributed by atoms with van der Waals surface area (Å²) in [5, 5.41) is 8.13. The molecular weight excluding hydrogens is 358 g/mol. The summed E-state index contributed by atoms with van der Waals surface area (Å²) in [4.78, 5) is 13.8. The summed E-state index contributed by atoms with van der Waals surface area (Å²) >= 11 is 0. The number of anilines is 2. The van der Waals surface area contributed by atoms with Gasteiger partial charge in [-0.2, -0.15) is 4.98 Å². The van der Waals surface area contributed by atoms with Crippen molar-refractivity contribution in [3.63, 3.8) is 0 Å². The highest BCUT2D eigenvalue weighted by Gasteiger charge is 2.43. The molecule has 9 heteroatoms. The summed E-state index contributed by atoms with van der Waals surface area (Å²) in [6.45, 7) is 0.399. The van der Waals surface area contributed by atoms with E-state index in [-0.39, 0.29) is 0 Å². The number of aliphatic imine (C=N–C) groups is 1. The van der Waals surface area contributed by atoms with Gasteiger partial charge in [-0.1, -0.05) is 17.3 Å². The number of imidazole rings is 1. The fourth-order valence-electron chi connectivity index (χ4n) is 4.43. The van der Waals surface area contributed by atoms with Gasteiger partial charge in [-0.3, -0.25) is 4.57 Å². The number of aromatic nitrogens is 4. The lowest BCUT2D eigenvalue weighted by Gasteiger charge is -2.33. The molecule has 0 amide bonds. The fraction of sp³-hybridized carbons (Fsp3) is 0.368. The molecule has 0 radical (unpaired) electrons. The van der Waals surface area contributed by atoms with Gasteiger partial charge in [0.05, 0.1) is 11.9 Å². The van der Waals surface area contributed by atoms with E-state index in [0.717, 1.165) is 48.6 Å². The molecule has 3 aliphatic rings. The second kappa shape index (κ2) is 5.65. The van der Waals surface area contributed by atoms with Crippen LogP contribution in [0.5, 0.6) is 0 Å². The number of ether oxygens (including phenoxy) is 1. The van der Waals surface area contributed by atoms with Gasteiger partial charge in [0.1, 0.15) is 18.6 Å². The molecule has 0 atom stereocenters. The first kappa shape index (κ1) is 15.8. The average Bonchev–Trinajstić information content (AvgIpc) is 3.53. The Labute approximate surface area is 161 Å². The molecular formula is C19H19N7O2. The Kier molecular flexibility index (Phi) is 3.19. The predicted octanol–water partition coefficient (Wildman–Crippen LogP) is 2.63. The maximum absolute atomic E-state index is 5.80. The topological polar surface area (TPSA) is 84.8 Å². The zero-order chi connectivity index (χ0) is 18.7. The summed E-state index contributed by atoms with van der Waals surface area (Å²) in [6, 6.07) is 8.56. The van der Waals surface area contributed by atoms with E-state index >= 15 is 0 Å². The minimum absolute atomic E-state index is 0.399. The van der Waals surface area contributed by atoms with E-state index in [1.165, 1.54) is 0 Å². The van der Waals surface area contributed by atoms with Gasteiger partial charge in [0.15, 0.2) is 11.7 Å². The SMILES string of the molecule is COC1(c2noc(N3CN=C4c5ccccc5-n5cncc5N43)n2)CCCC1. The quantitative estimate of drug-likeness (QED) is 0.694. The smallest absolute Gasteiger partial charge is 0.345 e. The van der Waals surface area contributed by atoms with Gasteiger partial charge in [0.25, 0.3) is 0 Å². The second-order valence-corrected chi connectivity index (χ2v) is 7.28. The van der Waals surface area contributed by atoms with Crippen LogP contribution in [-0.2, 0) is 10.3 Å². The van der Waals surface area contributed by atoms with Gasteiger partial charge in [-0.25, -0.2) is 20.0 Å². The van der Waals surface area contributed by atoms with Crippen LogP contribution < -0.4 is 10.0 Å². The fourth-order valence-corrected chi connectivity index (χ4v) is 4.43. The van der Waals surface area contributed by atoms with Crippen LogP contribution >= 0.6 is 0 Å². The van der Waals surface area contributed by atoms with E-state index in [2.05, 4.69) is 22.3 Å². The van der Waals surface area contributed by atoms with E-state index in [4.69, 9.17) is 19.2 Å². The van der Waals surface area contributed by atoms with Gasteiger partial charge in [0.2, 0.25) is 5.82 Å². The molecule has 0 bridgehead atoms. The van der Waals surface area contributed by atoms with Crippen molar-refractivity contribution in [1.29, 1.82) is 0 Å². The van der Waals surface area contributed by atoms with Gasteiger partial charge >= 0.3 is 6.01 Å². The summed E-state index contributed by atoms with van der Waals surface area (Å²) in [7, 11) is 1.72. The van der Waals surface area contributed by atoms with Crippen LogP contribution in [0, 0.1) is 0 Å². The van der Waals surface area contributed by atoms with Crippen molar-refractivity contribution in [3.05, 3.63) is 48.2 Å². The predicted molar refractivity (Wildman–Crippen MR) is 101 cm³/mol. The number of amidine groups is 1. The Bertz CT molecular complexity index is 1080. The number of hydrazine groups is 1. The molecule has 2 aromatic heterocycles. The van der Waals surface area contributed by atoms with E-state index in [9.17, 15) is 0 Å². The van der Waals surface area contributed by atoms with Gasteiger partial charge in [-0.05, 0) is 37.8 Å². The van der Waals surface area contributed by atoms with Crippen LogP contribution in [0.25, 0.3) is 5.69 Å². The monoisotopic (exact) mass is 377 g/mol. The third-order valence-corrected chi connectivity index (χ3v) is 5.88. The van der Waals surface area contributed by atoms with Crippen molar-refractivity contribution in [2.24, 2.45) is 4.99 Å². The maximum Gasteiger partial charge on any atom is 0.345 e. The Balaban J connectivity index is 1.41. The van der Waals surface area contributed by atoms with Crippen molar-refractivity contribution < 1.29 is 9.26 Å². The molecule has 0 saturated heterocycles. The lowest BCUT2D eigenvalue weighted by Crippen LogP contribution is -2.45. The van der Waals surface area contributed by atoms with E-state index < -0.39 is 5.60 Å². The van der Waals surface area contributed by atoms with Crippen LogP contribution in [0.15, 0.2) is 46.3 Å². The number of rotatable bonds is 3. The summed E-state index contributed by atoms with van der Waals surface area (Å²) in [5.74, 6) is 2.35. The molecule has 1 saturated carbocycles. The molecule has 2 aliphatic heterocycles. The van der Waals surface area contributed by atoms with Crippen molar-refractivity contribution in [2.75, 3.05) is 23.8 Å². The molecule has 0 unspecified atom stereocenters. The minimum Gasteiger partial charge on any atom is -0.370 e. The van der Waals surface area contributed by atoms with Crippen molar-refractivity contribution in [2.45, 2.75) is 31.3 Å². The first-order valence-electron chi connectivity index (χ1n) is 9.44. The molecule has 6 rings (SSSR count). The van der Waals surface area contributed by atoms with Crippen molar-refractivity contribution >= 4 is 17.7 Å².